The molecule has 0 radical (unpaired) electrons. The number of hydrogen-bond donors (Lipinski definition) is 2. The number of nitrogens with one attached hydrogen (secondary N) is 1. The van der Waals surface area contributed by atoms with E-state index < -0.39 is 12.1 Å². The SMILES string of the molecule is COc1ccc2ccccc2c1CCN.COc1ccc2ccccc2c1CCNC(=O)C(F)(F)F. The Bertz CT molecular complexity index is 1320. The molecule has 1 amide bonds. The third-order valence-corrected chi connectivity index (χ3v) is 5.75. The Morgan fingerprint density at radius 1 is 0.778 bits per heavy atom. The summed E-state index contributed by atoms with van der Waals surface area (Å²) in [5, 5.41) is 6.21. The Balaban J connectivity index is 0.000000212. The minimum atomic E-state index is -4.86. The molecular formula is C28H29F3N2O3. The van der Waals surface area contributed by atoms with E-state index in [9.17, 15) is 18.0 Å². The molecule has 0 heterocycles. The summed E-state index contributed by atoms with van der Waals surface area (Å²) in [6.07, 6.45) is -3.75. The van der Waals surface area contributed by atoms with Crippen LogP contribution >= 0.6 is 0 Å². The van der Waals surface area contributed by atoms with Gasteiger partial charge in [-0.3, -0.25) is 4.79 Å². The van der Waals surface area contributed by atoms with E-state index in [0.29, 0.717) is 12.3 Å². The molecule has 8 heteroatoms. The number of fused-ring (bicyclic) bond motifs is 2. The number of rotatable bonds is 7. The summed E-state index contributed by atoms with van der Waals surface area (Å²) in [7, 11) is 3.20. The van der Waals surface area contributed by atoms with Gasteiger partial charge in [0, 0.05) is 17.7 Å². The smallest absolute Gasteiger partial charge is 0.471 e. The lowest BCUT2D eigenvalue weighted by atomic mass is 10.0. The van der Waals surface area contributed by atoms with E-state index in [1.54, 1.807) is 13.2 Å². The number of benzene rings is 4. The lowest BCUT2D eigenvalue weighted by Gasteiger charge is -2.13. The molecule has 4 aromatic carbocycles. The molecule has 0 aliphatic heterocycles. The maximum atomic E-state index is 12.1. The fourth-order valence-corrected chi connectivity index (χ4v) is 4.08. The van der Waals surface area contributed by atoms with Crippen molar-refractivity contribution in [2.75, 3.05) is 27.3 Å². The second-order valence-corrected chi connectivity index (χ2v) is 7.98. The topological polar surface area (TPSA) is 73.6 Å². The Hall–Kier alpha value is -3.78. The predicted molar refractivity (Wildman–Crippen MR) is 137 cm³/mol. The summed E-state index contributed by atoms with van der Waals surface area (Å²) in [5.41, 5.74) is 7.60. The molecule has 0 aliphatic carbocycles. The van der Waals surface area contributed by atoms with E-state index in [2.05, 4.69) is 18.2 Å². The van der Waals surface area contributed by atoms with Gasteiger partial charge in [0.1, 0.15) is 11.5 Å². The highest BCUT2D eigenvalue weighted by atomic mass is 19.4. The first kappa shape index (κ1) is 26.8. The van der Waals surface area contributed by atoms with Crippen LogP contribution in [0.1, 0.15) is 11.1 Å². The van der Waals surface area contributed by atoms with Crippen molar-refractivity contribution in [3.05, 3.63) is 83.9 Å². The highest BCUT2D eigenvalue weighted by molar-refractivity contribution is 5.88. The monoisotopic (exact) mass is 498 g/mol. The van der Waals surface area contributed by atoms with Crippen LogP contribution in [0.25, 0.3) is 21.5 Å². The first-order chi connectivity index (χ1) is 17.3. The normalized spacial score (nSPS) is 11.1. The van der Waals surface area contributed by atoms with Gasteiger partial charge in [-0.2, -0.15) is 13.2 Å². The van der Waals surface area contributed by atoms with Gasteiger partial charge in [-0.1, -0.05) is 60.7 Å². The van der Waals surface area contributed by atoms with Gasteiger partial charge >= 0.3 is 12.1 Å². The number of hydrogen-bond acceptors (Lipinski definition) is 4. The summed E-state index contributed by atoms with van der Waals surface area (Å²) >= 11 is 0. The average molecular weight is 499 g/mol. The van der Waals surface area contributed by atoms with Gasteiger partial charge in [0.05, 0.1) is 14.2 Å². The molecule has 0 aliphatic rings. The number of ether oxygens (including phenoxy) is 2. The highest BCUT2D eigenvalue weighted by Gasteiger charge is 2.38. The van der Waals surface area contributed by atoms with Gasteiger partial charge in [-0.05, 0) is 53.1 Å². The molecule has 0 saturated heterocycles. The molecule has 4 aromatic rings. The second kappa shape index (κ2) is 12.3. The molecular weight excluding hydrogens is 469 g/mol. The molecule has 0 atom stereocenters. The largest absolute Gasteiger partial charge is 0.496 e. The van der Waals surface area contributed by atoms with Crippen molar-refractivity contribution in [1.29, 1.82) is 0 Å². The van der Waals surface area contributed by atoms with Gasteiger partial charge in [-0.15, -0.1) is 0 Å². The van der Waals surface area contributed by atoms with Crippen molar-refractivity contribution in [2.45, 2.75) is 19.0 Å². The number of alkyl halides is 3. The van der Waals surface area contributed by atoms with Crippen molar-refractivity contribution in [3.8, 4) is 11.5 Å². The first-order valence-corrected chi connectivity index (χ1v) is 11.4. The lowest BCUT2D eigenvalue weighted by Crippen LogP contribution is -2.37. The molecule has 0 saturated carbocycles. The van der Waals surface area contributed by atoms with Gasteiger partial charge in [-0.25, -0.2) is 0 Å². The Morgan fingerprint density at radius 3 is 1.69 bits per heavy atom. The minimum Gasteiger partial charge on any atom is -0.496 e. The highest BCUT2D eigenvalue weighted by Crippen LogP contribution is 2.29. The molecule has 36 heavy (non-hydrogen) atoms. The predicted octanol–water partition coefficient (Wildman–Crippen LogP) is 5.42. The number of amides is 1. The van der Waals surface area contributed by atoms with E-state index in [1.807, 2.05) is 53.8 Å². The maximum Gasteiger partial charge on any atom is 0.471 e. The molecule has 4 rings (SSSR count). The average Bonchev–Trinajstić information content (AvgIpc) is 2.88. The Labute approximate surface area is 208 Å². The van der Waals surface area contributed by atoms with Crippen molar-refractivity contribution in [3.63, 3.8) is 0 Å². The number of carbonyl (C=O) groups is 1. The van der Waals surface area contributed by atoms with Gasteiger partial charge in [0.2, 0.25) is 0 Å². The summed E-state index contributed by atoms with van der Waals surface area (Å²) in [4.78, 5) is 10.8. The standard InChI is InChI=1S/C15H14F3NO2.C13H15NO/c1-21-13-7-6-10-4-2-3-5-11(10)12(13)8-9-19-14(20)15(16,17)18;1-15-13-7-6-10-4-2-3-5-11(10)12(13)8-9-14/h2-7H,8-9H2,1H3,(H,19,20);2-7H,8-9,14H2,1H3. The molecule has 0 spiro atoms. The van der Waals surface area contributed by atoms with Crippen LogP contribution in [0.2, 0.25) is 0 Å². The zero-order valence-corrected chi connectivity index (χ0v) is 20.2. The molecule has 0 bridgehead atoms. The van der Waals surface area contributed by atoms with Gasteiger partial charge in [0.15, 0.2) is 0 Å². The number of carbonyl (C=O) groups excluding carboxylic acids is 1. The van der Waals surface area contributed by atoms with Crippen molar-refractivity contribution < 1.29 is 27.4 Å². The first-order valence-electron chi connectivity index (χ1n) is 11.4. The Morgan fingerprint density at radius 2 is 1.25 bits per heavy atom. The third kappa shape index (κ3) is 6.46. The van der Waals surface area contributed by atoms with Crippen molar-refractivity contribution in [1.82, 2.24) is 5.32 Å². The quantitative estimate of drug-likeness (QED) is 0.357. The third-order valence-electron chi connectivity index (χ3n) is 5.75. The van der Waals surface area contributed by atoms with Gasteiger partial charge < -0.3 is 20.5 Å². The van der Waals surface area contributed by atoms with E-state index >= 15 is 0 Å². The zero-order chi connectivity index (χ0) is 26.1. The van der Waals surface area contributed by atoms with Crippen LogP contribution in [-0.4, -0.2) is 39.4 Å². The van der Waals surface area contributed by atoms with Crippen LogP contribution in [-0.2, 0) is 17.6 Å². The fraction of sp³-hybridized carbons (Fsp3) is 0.250. The van der Waals surface area contributed by atoms with Crippen LogP contribution in [0, 0.1) is 0 Å². The molecule has 5 nitrogen and oxygen atoms in total. The van der Waals surface area contributed by atoms with E-state index in [1.165, 1.54) is 23.4 Å². The molecule has 190 valence electrons. The van der Waals surface area contributed by atoms with E-state index in [4.69, 9.17) is 15.2 Å². The zero-order valence-electron chi connectivity index (χ0n) is 20.2. The van der Waals surface area contributed by atoms with Gasteiger partial charge in [0.25, 0.3) is 0 Å². The van der Waals surface area contributed by atoms with Crippen LogP contribution in [0.3, 0.4) is 0 Å². The van der Waals surface area contributed by atoms with E-state index in [0.717, 1.165) is 28.5 Å². The summed E-state index contributed by atoms with van der Waals surface area (Å²) < 4.78 is 47.0. The molecule has 3 N–H and O–H groups in total. The van der Waals surface area contributed by atoms with Crippen LogP contribution in [0.5, 0.6) is 11.5 Å². The second-order valence-electron chi connectivity index (χ2n) is 7.98. The number of methoxy groups -OCH3 is 2. The minimum absolute atomic E-state index is 0.108. The molecule has 0 aromatic heterocycles. The summed E-state index contributed by atoms with van der Waals surface area (Å²) in [6, 6.07) is 23.5. The lowest BCUT2D eigenvalue weighted by molar-refractivity contribution is -0.173. The maximum absolute atomic E-state index is 12.1. The molecule has 0 fully saturated rings. The van der Waals surface area contributed by atoms with Crippen molar-refractivity contribution in [2.24, 2.45) is 5.73 Å². The summed E-state index contributed by atoms with van der Waals surface area (Å²) in [5.74, 6) is -0.407. The molecule has 0 unspecified atom stereocenters. The van der Waals surface area contributed by atoms with Crippen molar-refractivity contribution >= 4 is 27.5 Å². The van der Waals surface area contributed by atoms with Crippen LogP contribution in [0.4, 0.5) is 13.2 Å². The van der Waals surface area contributed by atoms with Crippen LogP contribution < -0.4 is 20.5 Å². The fourth-order valence-electron chi connectivity index (χ4n) is 4.08. The number of halogens is 3. The summed E-state index contributed by atoms with van der Waals surface area (Å²) in [6.45, 7) is 0.535. The van der Waals surface area contributed by atoms with E-state index in [-0.39, 0.29) is 13.0 Å². The Kier molecular flexibility index (Phi) is 9.13. The van der Waals surface area contributed by atoms with Crippen LogP contribution in [0.15, 0.2) is 72.8 Å². The number of nitrogens with two attached hydrogens (primary N) is 1.